The second-order valence-corrected chi connectivity index (χ2v) is 3.36. The molecule has 2 rings (SSSR count). The highest BCUT2D eigenvalue weighted by Gasteiger charge is 2.13. The molecule has 0 atom stereocenters. The number of anilines is 3. The molecule has 0 fully saturated rings. The number of nitrogens with zero attached hydrogens (tertiary/aromatic N) is 2. The Balaban J connectivity index is 2.31. The lowest BCUT2D eigenvalue weighted by Gasteiger charge is -2.08. The van der Waals surface area contributed by atoms with E-state index in [1.54, 1.807) is 7.05 Å². The summed E-state index contributed by atoms with van der Waals surface area (Å²) in [6.07, 6.45) is 1.44. The van der Waals surface area contributed by atoms with Crippen molar-refractivity contribution in [1.29, 1.82) is 0 Å². The molecule has 0 spiro atoms. The van der Waals surface area contributed by atoms with Gasteiger partial charge >= 0.3 is 0 Å². The van der Waals surface area contributed by atoms with Crippen LogP contribution in [0, 0.1) is 17.5 Å². The predicted molar refractivity (Wildman–Crippen MR) is 61.2 cm³/mol. The third kappa shape index (κ3) is 2.34. The van der Waals surface area contributed by atoms with Gasteiger partial charge in [0.2, 0.25) is 5.95 Å². The first-order valence-corrected chi connectivity index (χ1v) is 5.03. The zero-order valence-corrected chi connectivity index (χ0v) is 9.34. The fraction of sp³-hybridized carbons (Fsp3) is 0.0909. The molecule has 0 aliphatic rings. The zero-order chi connectivity index (χ0) is 13.1. The lowest BCUT2D eigenvalue weighted by atomic mass is 10.3. The van der Waals surface area contributed by atoms with E-state index in [0.29, 0.717) is 5.95 Å². The number of benzene rings is 1. The van der Waals surface area contributed by atoms with Gasteiger partial charge in [-0.15, -0.1) is 0 Å². The third-order valence-corrected chi connectivity index (χ3v) is 2.18. The molecule has 94 valence electrons. The molecule has 0 saturated heterocycles. The topological polar surface area (TPSA) is 49.8 Å². The molecule has 0 radical (unpaired) electrons. The van der Waals surface area contributed by atoms with Crippen LogP contribution >= 0.6 is 0 Å². The first-order chi connectivity index (χ1) is 8.61. The summed E-state index contributed by atoms with van der Waals surface area (Å²) in [5.74, 6) is -3.47. The standard InChI is InChI=1S/C11H9F3N4/c1-15-11-16-5-4-8(18-11)17-7-3-2-6(12)9(13)10(7)14/h2-5H,1H3,(H2,15,16,17,18). The van der Waals surface area contributed by atoms with Gasteiger partial charge in [0.15, 0.2) is 17.5 Å². The molecule has 0 aliphatic heterocycles. The molecule has 1 heterocycles. The lowest BCUT2D eigenvalue weighted by molar-refractivity contribution is 0.449. The fourth-order valence-electron chi connectivity index (χ4n) is 1.31. The van der Waals surface area contributed by atoms with Crippen LogP contribution in [-0.2, 0) is 0 Å². The predicted octanol–water partition coefficient (Wildman–Crippen LogP) is 2.68. The van der Waals surface area contributed by atoms with Crippen molar-refractivity contribution in [2.45, 2.75) is 0 Å². The monoisotopic (exact) mass is 254 g/mol. The molecule has 0 saturated carbocycles. The Morgan fingerprint density at radius 2 is 1.83 bits per heavy atom. The average Bonchev–Trinajstić information content (AvgIpc) is 2.40. The average molecular weight is 254 g/mol. The van der Waals surface area contributed by atoms with Crippen molar-refractivity contribution in [2.75, 3.05) is 17.7 Å². The molecule has 0 bridgehead atoms. The van der Waals surface area contributed by atoms with Gasteiger partial charge < -0.3 is 10.6 Å². The van der Waals surface area contributed by atoms with E-state index in [1.165, 1.54) is 12.3 Å². The summed E-state index contributed by atoms with van der Waals surface area (Å²) in [4.78, 5) is 7.83. The highest BCUT2D eigenvalue weighted by molar-refractivity contribution is 5.57. The van der Waals surface area contributed by atoms with Gasteiger partial charge in [0.25, 0.3) is 0 Å². The highest BCUT2D eigenvalue weighted by Crippen LogP contribution is 2.22. The van der Waals surface area contributed by atoms with E-state index in [4.69, 9.17) is 0 Å². The third-order valence-electron chi connectivity index (χ3n) is 2.18. The Morgan fingerprint density at radius 3 is 2.56 bits per heavy atom. The number of nitrogens with one attached hydrogen (secondary N) is 2. The van der Waals surface area contributed by atoms with Crippen molar-refractivity contribution in [3.05, 3.63) is 41.8 Å². The number of rotatable bonds is 3. The van der Waals surface area contributed by atoms with Crippen molar-refractivity contribution >= 4 is 17.5 Å². The van der Waals surface area contributed by atoms with Gasteiger partial charge in [-0.3, -0.25) is 0 Å². The Labute approximate surface area is 101 Å². The van der Waals surface area contributed by atoms with Gasteiger partial charge in [-0.1, -0.05) is 0 Å². The Morgan fingerprint density at radius 1 is 1.06 bits per heavy atom. The summed E-state index contributed by atoms with van der Waals surface area (Å²) >= 11 is 0. The quantitative estimate of drug-likeness (QED) is 0.827. The second-order valence-electron chi connectivity index (χ2n) is 3.36. The maximum Gasteiger partial charge on any atom is 0.224 e. The van der Waals surface area contributed by atoms with E-state index < -0.39 is 17.5 Å². The lowest BCUT2D eigenvalue weighted by Crippen LogP contribution is -2.02. The van der Waals surface area contributed by atoms with E-state index in [1.807, 2.05) is 0 Å². The summed E-state index contributed by atoms with van der Waals surface area (Å²) in [6.45, 7) is 0. The number of hydrogen-bond donors (Lipinski definition) is 2. The van der Waals surface area contributed by atoms with Gasteiger partial charge in [0.05, 0.1) is 5.69 Å². The Hall–Kier alpha value is -2.31. The van der Waals surface area contributed by atoms with Crippen LogP contribution in [0.1, 0.15) is 0 Å². The van der Waals surface area contributed by atoms with Gasteiger partial charge in [-0.05, 0) is 18.2 Å². The van der Waals surface area contributed by atoms with Gasteiger partial charge in [0.1, 0.15) is 5.82 Å². The summed E-state index contributed by atoms with van der Waals surface area (Å²) in [5, 5.41) is 5.24. The minimum Gasteiger partial charge on any atom is -0.357 e. The van der Waals surface area contributed by atoms with Gasteiger partial charge in [-0.2, -0.15) is 4.98 Å². The molecule has 4 nitrogen and oxygen atoms in total. The van der Waals surface area contributed by atoms with E-state index in [9.17, 15) is 13.2 Å². The summed E-state index contributed by atoms with van der Waals surface area (Å²) in [5.41, 5.74) is -0.199. The molecule has 18 heavy (non-hydrogen) atoms. The molecule has 1 aromatic carbocycles. The number of halogens is 3. The smallest absolute Gasteiger partial charge is 0.224 e. The molecule has 0 aliphatic carbocycles. The molecular weight excluding hydrogens is 245 g/mol. The van der Waals surface area contributed by atoms with E-state index in [0.717, 1.165) is 12.1 Å². The van der Waals surface area contributed by atoms with Crippen LogP contribution in [0.15, 0.2) is 24.4 Å². The Bertz CT molecular complexity index is 574. The number of aromatic nitrogens is 2. The van der Waals surface area contributed by atoms with Crippen molar-refractivity contribution in [2.24, 2.45) is 0 Å². The Kier molecular flexibility index (Phi) is 3.31. The van der Waals surface area contributed by atoms with Crippen LogP contribution in [-0.4, -0.2) is 17.0 Å². The minimum absolute atomic E-state index is 0.199. The summed E-state index contributed by atoms with van der Waals surface area (Å²) in [7, 11) is 1.62. The maximum atomic E-state index is 13.4. The van der Waals surface area contributed by atoms with E-state index in [2.05, 4.69) is 20.6 Å². The van der Waals surface area contributed by atoms with Crippen molar-refractivity contribution in [3.63, 3.8) is 0 Å². The van der Waals surface area contributed by atoms with Crippen LogP contribution in [0.3, 0.4) is 0 Å². The van der Waals surface area contributed by atoms with Crippen LogP contribution in [0.5, 0.6) is 0 Å². The van der Waals surface area contributed by atoms with Crippen LogP contribution < -0.4 is 10.6 Å². The SMILES string of the molecule is CNc1nccc(Nc2ccc(F)c(F)c2F)n1. The van der Waals surface area contributed by atoms with E-state index in [-0.39, 0.29) is 11.5 Å². The molecule has 0 amide bonds. The first-order valence-electron chi connectivity index (χ1n) is 5.03. The normalized spacial score (nSPS) is 10.2. The van der Waals surface area contributed by atoms with Crippen molar-refractivity contribution < 1.29 is 13.2 Å². The first kappa shape index (κ1) is 12.2. The highest BCUT2D eigenvalue weighted by atomic mass is 19.2. The number of hydrogen-bond acceptors (Lipinski definition) is 4. The molecule has 7 heteroatoms. The van der Waals surface area contributed by atoms with Gasteiger partial charge in [0, 0.05) is 13.2 Å². The van der Waals surface area contributed by atoms with Crippen molar-refractivity contribution in [1.82, 2.24) is 9.97 Å². The van der Waals surface area contributed by atoms with Crippen LogP contribution in [0.25, 0.3) is 0 Å². The molecule has 1 aromatic heterocycles. The van der Waals surface area contributed by atoms with Crippen LogP contribution in [0.2, 0.25) is 0 Å². The zero-order valence-electron chi connectivity index (χ0n) is 9.34. The molecule has 2 N–H and O–H groups in total. The van der Waals surface area contributed by atoms with Gasteiger partial charge in [-0.25, -0.2) is 18.2 Å². The molecular formula is C11H9F3N4. The molecule has 2 aromatic rings. The minimum atomic E-state index is -1.53. The van der Waals surface area contributed by atoms with E-state index >= 15 is 0 Å². The summed E-state index contributed by atoms with van der Waals surface area (Å²) < 4.78 is 39.1. The summed E-state index contributed by atoms with van der Waals surface area (Å²) in [6, 6.07) is 3.40. The largest absolute Gasteiger partial charge is 0.357 e. The maximum absolute atomic E-state index is 13.4. The fourth-order valence-corrected chi connectivity index (χ4v) is 1.31. The molecule has 0 unspecified atom stereocenters. The second kappa shape index (κ2) is 4.91. The van der Waals surface area contributed by atoms with Crippen LogP contribution in [0.4, 0.5) is 30.6 Å². The van der Waals surface area contributed by atoms with Crippen molar-refractivity contribution in [3.8, 4) is 0 Å².